The number of fused-ring (bicyclic) bond motifs is 1. The standard InChI is InChI=1S/C18H21NO4/c1-18(2,3)23-17(22)14(16(20)21)15(19)13-9-8-11-6-4-5-7-12(11)10-13/h4-10,14-15H,19H2,1-3H3,(H,20,21)/t14-,15?/m1/s1. The SMILES string of the molecule is CC(C)(C)OC(=O)[C@@H](C(=O)O)C(N)c1ccc2ccccc2c1. The van der Waals surface area contributed by atoms with Crippen molar-refractivity contribution in [2.45, 2.75) is 32.4 Å². The van der Waals surface area contributed by atoms with E-state index >= 15 is 0 Å². The van der Waals surface area contributed by atoms with Crippen molar-refractivity contribution in [2.75, 3.05) is 0 Å². The number of ether oxygens (including phenoxy) is 1. The van der Waals surface area contributed by atoms with Crippen LogP contribution in [0, 0.1) is 5.92 Å². The van der Waals surface area contributed by atoms with Gasteiger partial charge in [-0.2, -0.15) is 0 Å². The summed E-state index contributed by atoms with van der Waals surface area (Å²) >= 11 is 0. The summed E-state index contributed by atoms with van der Waals surface area (Å²) in [5.41, 5.74) is 5.88. The second-order valence-corrected chi connectivity index (χ2v) is 6.48. The zero-order chi connectivity index (χ0) is 17.2. The van der Waals surface area contributed by atoms with E-state index in [9.17, 15) is 14.7 Å². The van der Waals surface area contributed by atoms with Crippen molar-refractivity contribution in [1.29, 1.82) is 0 Å². The molecule has 122 valence electrons. The van der Waals surface area contributed by atoms with Gasteiger partial charge in [0.25, 0.3) is 0 Å². The molecule has 0 aliphatic carbocycles. The lowest BCUT2D eigenvalue weighted by Gasteiger charge is -2.25. The third kappa shape index (κ3) is 4.07. The molecule has 2 rings (SSSR count). The predicted molar refractivity (Wildman–Crippen MR) is 87.8 cm³/mol. The topological polar surface area (TPSA) is 89.6 Å². The van der Waals surface area contributed by atoms with Crippen LogP contribution in [0.5, 0.6) is 0 Å². The number of hydrogen-bond donors (Lipinski definition) is 2. The second kappa shape index (κ2) is 6.38. The molecule has 5 nitrogen and oxygen atoms in total. The van der Waals surface area contributed by atoms with Gasteiger partial charge in [0, 0.05) is 0 Å². The Bertz CT molecular complexity index is 733. The molecule has 0 bridgehead atoms. The van der Waals surface area contributed by atoms with Crippen LogP contribution in [0.1, 0.15) is 32.4 Å². The van der Waals surface area contributed by atoms with Crippen molar-refractivity contribution >= 4 is 22.7 Å². The normalized spacial score (nSPS) is 14.3. The average molecular weight is 315 g/mol. The molecule has 2 atom stereocenters. The van der Waals surface area contributed by atoms with Crippen molar-refractivity contribution in [3.05, 3.63) is 48.0 Å². The van der Waals surface area contributed by atoms with E-state index in [0.717, 1.165) is 10.8 Å². The molecule has 0 aromatic heterocycles. The molecule has 0 radical (unpaired) electrons. The van der Waals surface area contributed by atoms with Gasteiger partial charge in [-0.05, 0) is 43.2 Å². The summed E-state index contributed by atoms with van der Waals surface area (Å²) in [4.78, 5) is 23.7. The predicted octanol–water partition coefficient (Wildman–Crippen LogP) is 2.88. The van der Waals surface area contributed by atoms with Gasteiger partial charge in [-0.15, -0.1) is 0 Å². The third-order valence-corrected chi connectivity index (χ3v) is 3.44. The van der Waals surface area contributed by atoms with E-state index in [4.69, 9.17) is 10.5 Å². The van der Waals surface area contributed by atoms with Crippen LogP contribution in [0.3, 0.4) is 0 Å². The second-order valence-electron chi connectivity index (χ2n) is 6.48. The molecule has 1 unspecified atom stereocenters. The first-order valence-electron chi connectivity index (χ1n) is 7.39. The number of nitrogens with two attached hydrogens (primary N) is 1. The quantitative estimate of drug-likeness (QED) is 0.669. The Labute approximate surface area is 135 Å². The van der Waals surface area contributed by atoms with E-state index < -0.39 is 29.5 Å². The van der Waals surface area contributed by atoms with Gasteiger partial charge in [-0.3, -0.25) is 9.59 Å². The van der Waals surface area contributed by atoms with Crippen LogP contribution in [0.4, 0.5) is 0 Å². The molecule has 0 fully saturated rings. The van der Waals surface area contributed by atoms with Crippen LogP contribution in [0.15, 0.2) is 42.5 Å². The molecular formula is C18H21NO4. The highest BCUT2D eigenvalue weighted by molar-refractivity contribution is 5.95. The van der Waals surface area contributed by atoms with E-state index in [1.165, 1.54) is 0 Å². The molecule has 0 amide bonds. The van der Waals surface area contributed by atoms with E-state index in [-0.39, 0.29) is 0 Å². The lowest BCUT2D eigenvalue weighted by Crippen LogP contribution is -2.39. The van der Waals surface area contributed by atoms with Gasteiger partial charge in [0.1, 0.15) is 5.60 Å². The minimum atomic E-state index is -1.45. The van der Waals surface area contributed by atoms with Crippen molar-refractivity contribution in [2.24, 2.45) is 11.7 Å². The Balaban J connectivity index is 2.34. The van der Waals surface area contributed by atoms with Gasteiger partial charge >= 0.3 is 11.9 Å². The first kappa shape index (κ1) is 17.0. The van der Waals surface area contributed by atoms with E-state index in [1.54, 1.807) is 32.9 Å². The summed E-state index contributed by atoms with van der Waals surface area (Å²) in [5, 5.41) is 11.4. The molecule has 2 aromatic carbocycles. The third-order valence-electron chi connectivity index (χ3n) is 3.44. The summed E-state index contributed by atoms with van der Waals surface area (Å²) in [7, 11) is 0. The zero-order valence-electron chi connectivity index (χ0n) is 13.4. The first-order chi connectivity index (χ1) is 10.7. The highest BCUT2D eigenvalue weighted by Crippen LogP contribution is 2.26. The summed E-state index contributed by atoms with van der Waals surface area (Å²) in [6, 6.07) is 12.1. The molecule has 3 N–H and O–H groups in total. The van der Waals surface area contributed by atoms with Crippen LogP contribution in [0.25, 0.3) is 10.8 Å². The number of carboxylic acid groups (broad SMARTS) is 1. The number of carboxylic acids is 1. The number of rotatable bonds is 4. The minimum Gasteiger partial charge on any atom is -0.481 e. The van der Waals surface area contributed by atoms with Gasteiger partial charge in [-0.25, -0.2) is 0 Å². The molecule has 0 aliphatic heterocycles. The van der Waals surface area contributed by atoms with Gasteiger partial charge in [0.05, 0.1) is 6.04 Å². The Morgan fingerprint density at radius 3 is 2.26 bits per heavy atom. The van der Waals surface area contributed by atoms with Crippen molar-refractivity contribution in [3.63, 3.8) is 0 Å². The maximum atomic E-state index is 12.2. The van der Waals surface area contributed by atoms with E-state index in [0.29, 0.717) is 5.56 Å². The molecule has 5 heteroatoms. The molecule has 0 saturated heterocycles. The summed E-state index contributed by atoms with van der Waals surface area (Å²) in [6.07, 6.45) is 0. The first-order valence-corrected chi connectivity index (χ1v) is 7.39. The maximum Gasteiger partial charge on any atom is 0.322 e. The van der Waals surface area contributed by atoms with E-state index in [1.807, 2.05) is 30.3 Å². The van der Waals surface area contributed by atoms with Gasteiger partial charge in [0.2, 0.25) is 0 Å². The molecular weight excluding hydrogens is 294 g/mol. The highest BCUT2D eigenvalue weighted by atomic mass is 16.6. The summed E-state index contributed by atoms with van der Waals surface area (Å²) in [5.74, 6) is -3.57. The fourth-order valence-corrected chi connectivity index (χ4v) is 2.37. The number of hydrogen-bond acceptors (Lipinski definition) is 4. The van der Waals surface area contributed by atoms with Gasteiger partial charge in [-0.1, -0.05) is 36.4 Å². The number of esters is 1. The zero-order valence-corrected chi connectivity index (χ0v) is 13.4. The highest BCUT2D eigenvalue weighted by Gasteiger charge is 2.37. The van der Waals surface area contributed by atoms with Crippen LogP contribution in [-0.2, 0) is 14.3 Å². The molecule has 0 aliphatic rings. The Hall–Kier alpha value is -2.40. The molecule has 0 heterocycles. The number of carbonyl (C=O) groups excluding carboxylic acids is 1. The van der Waals surface area contributed by atoms with Gasteiger partial charge < -0.3 is 15.6 Å². The smallest absolute Gasteiger partial charge is 0.322 e. The lowest BCUT2D eigenvalue weighted by atomic mass is 9.92. The monoisotopic (exact) mass is 315 g/mol. The molecule has 2 aromatic rings. The van der Waals surface area contributed by atoms with Gasteiger partial charge in [0.15, 0.2) is 5.92 Å². The van der Waals surface area contributed by atoms with Crippen LogP contribution in [0.2, 0.25) is 0 Å². The van der Waals surface area contributed by atoms with E-state index in [2.05, 4.69) is 0 Å². The molecule has 23 heavy (non-hydrogen) atoms. The average Bonchev–Trinajstić information content (AvgIpc) is 2.44. The fourth-order valence-electron chi connectivity index (χ4n) is 2.37. The summed E-state index contributed by atoms with van der Waals surface area (Å²) in [6.45, 7) is 5.06. The maximum absolute atomic E-state index is 12.2. The Kier molecular flexibility index (Phi) is 4.71. The van der Waals surface area contributed by atoms with Crippen molar-refractivity contribution in [3.8, 4) is 0 Å². The minimum absolute atomic E-state index is 0.585. The van der Waals surface area contributed by atoms with Crippen molar-refractivity contribution < 1.29 is 19.4 Å². The Morgan fingerprint density at radius 1 is 1.09 bits per heavy atom. The largest absolute Gasteiger partial charge is 0.481 e. The Morgan fingerprint density at radius 2 is 1.70 bits per heavy atom. The molecule has 0 saturated carbocycles. The molecule has 0 spiro atoms. The number of benzene rings is 2. The van der Waals surface area contributed by atoms with Crippen LogP contribution < -0.4 is 5.73 Å². The number of aliphatic carboxylic acids is 1. The summed E-state index contributed by atoms with van der Waals surface area (Å²) < 4.78 is 5.19. The van der Waals surface area contributed by atoms with Crippen LogP contribution in [-0.4, -0.2) is 22.6 Å². The fraction of sp³-hybridized carbons (Fsp3) is 0.333. The van der Waals surface area contributed by atoms with Crippen molar-refractivity contribution in [1.82, 2.24) is 0 Å². The van der Waals surface area contributed by atoms with Crippen LogP contribution >= 0.6 is 0 Å². The number of carbonyl (C=O) groups is 2. The lowest BCUT2D eigenvalue weighted by molar-refractivity contribution is -0.167.